The average molecular weight is 341 g/mol. The lowest BCUT2D eigenvalue weighted by molar-refractivity contribution is 0.102. The van der Waals surface area contributed by atoms with Crippen LogP contribution in [0.1, 0.15) is 46.8 Å². The minimum Gasteiger partial charge on any atom is -0.493 e. The number of hydrogen-bond donors (Lipinski definition) is 1. The average Bonchev–Trinajstić information content (AvgIpc) is 2.58. The van der Waals surface area contributed by atoms with Gasteiger partial charge in [-0.1, -0.05) is 31.0 Å². The van der Waals surface area contributed by atoms with Crippen molar-refractivity contribution in [1.29, 1.82) is 0 Å². The van der Waals surface area contributed by atoms with Crippen molar-refractivity contribution < 1.29 is 14.3 Å². The van der Waals surface area contributed by atoms with Gasteiger partial charge in [0.1, 0.15) is 0 Å². The lowest BCUT2D eigenvalue weighted by Gasteiger charge is -2.14. The Morgan fingerprint density at radius 3 is 2.32 bits per heavy atom. The van der Waals surface area contributed by atoms with Crippen molar-refractivity contribution in [2.45, 2.75) is 40.5 Å². The predicted molar refractivity (Wildman–Crippen MR) is 102 cm³/mol. The Labute approximate surface area is 150 Å². The van der Waals surface area contributed by atoms with Gasteiger partial charge in [-0.05, 0) is 56.5 Å². The third-order valence-electron chi connectivity index (χ3n) is 4.10. The van der Waals surface area contributed by atoms with Gasteiger partial charge < -0.3 is 14.8 Å². The third kappa shape index (κ3) is 4.75. The van der Waals surface area contributed by atoms with Crippen molar-refractivity contribution in [1.82, 2.24) is 0 Å². The second kappa shape index (κ2) is 8.56. The molecule has 0 saturated heterocycles. The molecule has 0 aliphatic carbocycles. The van der Waals surface area contributed by atoms with Gasteiger partial charge in [0, 0.05) is 11.3 Å². The van der Waals surface area contributed by atoms with Gasteiger partial charge in [-0.2, -0.15) is 0 Å². The summed E-state index contributed by atoms with van der Waals surface area (Å²) in [5, 5.41) is 3.01. The molecule has 0 unspecified atom stereocenters. The fourth-order valence-corrected chi connectivity index (χ4v) is 2.82. The molecular formula is C21H27NO3. The summed E-state index contributed by atoms with van der Waals surface area (Å²) in [4.78, 5) is 12.6. The molecule has 0 saturated carbocycles. The van der Waals surface area contributed by atoms with E-state index in [-0.39, 0.29) is 5.91 Å². The molecule has 134 valence electrons. The fraction of sp³-hybridized carbons (Fsp3) is 0.381. The molecule has 0 heterocycles. The van der Waals surface area contributed by atoms with E-state index in [1.165, 1.54) is 5.56 Å². The van der Waals surface area contributed by atoms with E-state index in [9.17, 15) is 4.79 Å². The van der Waals surface area contributed by atoms with Crippen LogP contribution in [-0.4, -0.2) is 19.6 Å². The van der Waals surface area contributed by atoms with Gasteiger partial charge in [0.2, 0.25) is 0 Å². The second-order valence-corrected chi connectivity index (χ2v) is 6.30. The van der Waals surface area contributed by atoms with Crippen LogP contribution < -0.4 is 14.8 Å². The Morgan fingerprint density at radius 2 is 1.72 bits per heavy atom. The molecule has 0 aliphatic rings. The Balaban J connectivity index is 2.19. The molecule has 0 bridgehead atoms. The first-order chi connectivity index (χ1) is 12.0. The van der Waals surface area contributed by atoms with Crippen LogP contribution in [0.4, 0.5) is 5.69 Å². The molecule has 2 aromatic rings. The minimum atomic E-state index is -0.159. The maximum absolute atomic E-state index is 12.6. The molecule has 0 aliphatic heterocycles. The van der Waals surface area contributed by atoms with Gasteiger partial charge in [-0.25, -0.2) is 0 Å². The summed E-state index contributed by atoms with van der Waals surface area (Å²) in [5.41, 5.74) is 4.69. The van der Waals surface area contributed by atoms with Gasteiger partial charge >= 0.3 is 0 Å². The van der Waals surface area contributed by atoms with E-state index in [1.54, 1.807) is 25.3 Å². The molecule has 0 fully saturated rings. The number of benzene rings is 2. The molecule has 0 aromatic heterocycles. The zero-order valence-corrected chi connectivity index (χ0v) is 15.7. The number of methoxy groups -OCH3 is 1. The zero-order chi connectivity index (χ0) is 18.4. The first-order valence-corrected chi connectivity index (χ1v) is 8.66. The number of ether oxygens (including phenoxy) is 2. The highest BCUT2D eigenvalue weighted by atomic mass is 16.5. The van der Waals surface area contributed by atoms with Gasteiger partial charge in [-0.15, -0.1) is 0 Å². The maximum atomic E-state index is 12.6. The number of rotatable bonds is 7. The van der Waals surface area contributed by atoms with Crippen molar-refractivity contribution in [2.75, 3.05) is 19.0 Å². The smallest absolute Gasteiger partial charge is 0.255 e. The first kappa shape index (κ1) is 18.8. The maximum Gasteiger partial charge on any atom is 0.255 e. The van der Waals surface area contributed by atoms with Crippen LogP contribution in [0.25, 0.3) is 0 Å². The van der Waals surface area contributed by atoms with Crippen LogP contribution in [0.2, 0.25) is 0 Å². The molecule has 2 aromatic carbocycles. The number of nitrogens with one attached hydrogen (secondary N) is 1. The number of aryl methyl sites for hydroxylation is 3. The molecule has 25 heavy (non-hydrogen) atoms. The molecule has 4 heteroatoms. The van der Waals surface area contributed by atoms with Crippen molar-refractivity contribution >= 4 is 11.6 Å². The Morgan fingerprint density at radius 1 is 1.04 bits per heavy atom. The Kier molecular flexibility index (Phi) is 6.45. The fourth-order valence-electron chi connectivity index (χ4n) is 2.82. The SMILES string of the molecule is CCCCOc1ccc(C(=O)Nc2c(C)cc(C)cc2C)cc1OC. The molecule has 0 atom stereocenters. The van der Waals surface area contributed by atoms with E-state index in [2.05, 4.69) is 24.4 Å². The van der Waals surface area contributed by atoms with Crippen LogP contribution in [0.15, 0.2) is 30.3 Å². The second-order valence-electron chi connectivity index (χ2n) is 6.30. The zero-order valence-electron chi connectivity index (χ0n) is 15.7. The molecule has 1 amide bonds. The summed E-state index contributed by atoms with van der Waals surface area (Å²) >= 11 is 0. The largest absolute Gasteiger partial charge is 0.493 e. The summed E-state index contributed by atoms with van der Waals surface area (Å²) in [6.45, 7) is 8.80. The van der Waals surface area contributed by atoms with Crippen molar-refractivity contribution in [3.63, 3.8) is 0 Å². The third-order valence-corrected chi connectivity index (χ3v) is 4.10. The van der Waals surface area contributed by atoms with E-state index in [0.29, 0.717) is 23.7 Å². The lowest BCUT2D eigenvalue weighted by Crippen LogP contribution is -2.14. The Bertz CT molecular complexity index is 730. The monoisotopic (exact) mass is 341 g/mol. The first-order valence-electron chi connectivity index (χ1n) is 8.66. The number of amides is 1. The topological polar surface area (TPSA) is 47.6 Å². The summed E-state index contributed by atoms with van der Waals surface area (Å²) < 4.78 is 11.1. The molecule has 0 spiro atoms. The van der Waals surface area contributed by atoms with Crippen molar-refractivity contribution in [2.24, 2.45) is 0 Å². The minimum absolute atomic E-state index is 0.159. The normalized spacial score (nSPS) is 10.4. The lowest BCUT2D eigenvalue weighted by atomic mass is 10.0. The summed E-state index contributed by atoms with van der Waals surface area (Å²) in [6.07, 6.45) is 2.05. The predicted octanol–water partition coefficient (Wildman–Crippen LogP) is 5.05. The van der Waals surface area contributed by atoms with Gasteiger partial charge in [-0.3, -0.25) is 4.79 Å². The molecular weight excluding hydrogens is 314 g/mol. The highest BCUT2D eigenvalue weighted by Gasteiger charge is 2.13. The summed E-state index contributed by atoms with van der Waals surface area (Å²) in [6, 6.07) is 9.40. The number of carbonyl (C=O) groups excluding carboxylic acids is 1. The summed E-state index contributed by atoms with van der Waals surface area (Å²) in [5.74, 6) is 1.07. The van der Waals surface area contributed by atoms with Crippen LogP contribution >= 0.6 is 0 Å². The van der Waals surface area contributed by atoms with E-state index < -0.39 is 0 Å². The standard InChI is InChI=1S/C21H27NO3/c1-6-7-10-25-18-9-8-17(13-19(18)24-5)21(23)22-20-15(3)11-14(2)12-16(20)4/h8-9,11-13H,6-7,10H2,1-5H3,(H,22,23). The van der Waals surface area contributed by atoms with E-state index in [1.807, 2.05) is 20.8 Å². The van der Waals surface area contributed by atoms with Crippen molar-refractivity contribution in [3.8, 4) is 11.5 Å². The van der Waals surface area contributed by atoms with Crippen molar-refractivity contribution in [3.05, 3.63) is 52.6 Å². The van der Waals surface area contributed by atoms with E-state index in [4.69, 9.17) is 9.47 Å². The van der Waals surface area contributed by atoms with E-state index in [0.717, 1.165) is 29.7 Å². The summed E-state index contributed by atoms with van der Waals surface area (Å²) in [7, 11) is 1.58. The molecule has 4 nitrogen and oxygen atoms in total. The number of carbonyl (C=O) groups is 1. The van der Waals surface area contributed by atoms with Crippen LogP contribution in [0.5, 0.6) is 11.5 Å². The number of anilines is 1. The van der Waals surface area contributed by atoms with Gasteiger partial charge in [0.15, 0.2) is 11.5 Å². The highest BCUT2D eigenvalue weighted by Crippen LogP contribution is 2.29. The highest BCUT2D eigenvalue weighted by molar-refractivity contribution is 6.05. The number of hydrogen-bond acceptors (Lipinski definition) is 3. The van der Waals surface area contributed by atoms with Gasteiger partial charge in [0.05, 0.1) is 13.7 Å². The molecule has 2 rings (SSSR count). The van der Waals surface area contributed by atoms with E-state index >= 15 is 0 Å². The molecule has 1 N–H and O–H groups in total. The van der Waals surface area contributed by atoms with Gasteiger partial charge in [0.25, 0.3) is 5.91 Å². The molecule has 0 radical (unpaired) electrons. The quantitative estimate of drug-likeness (QED) is 0.717. The van der Waals surface area contributed by atoms with Crippen LogP contribution in [0.3, 0.4) is 0 Å². The van der Waals surface area contributed by atoms with Crippen LogP contribution in [-0.2, 0) is 0 Å². The number of unbranched alkanes of at least 4 members (excludes halogenated alkanes) is 1. The van der Waals surface area contributed by atoms with Crippen LogP contribution in [0, 0.1) is 20.8 Å². The Hall–Kier alpha value is -2.49.